The van der Waals surface area contributed by atoms with Crippen LogP contribution in [-0.2, 0) is 10.5 Å². The van der Waals surface area contributed by atoms with Crippen molar-refractivity contribution < 1.29 is 9.53 Å². The SMILES string of the molecule is Cc1ccc(Cl)c(OC(C)C(=O)Nc2nnc(SCc3ccccc3)s2)c1. The first kappa shape index (κ1) is 19.7. The van der Waals surface area contributed by atoms with Crippen molar-refractivity contribution in [1.82, 2.24) is 10.2 Å². The number of nitrogens with zero attached hydrogens (tertiary/aromatic N) is 2. The Morgan fingerprint density at radius 3 is 2.81 bits per heavy atom. The van der Waals surface area contributed by atoms with Crippen LogP contribution in [0.25, 0.3) is 0 Å². The molecule has 0 bridgehead atoms. The molecule has 0 spiro atoms. The topological polar surface area (TPSA) is 64.1 Å². The molecular weight excluding hydrogens is 402 g/mol. The summed E-state index contributed by atoms with van der Waals surface area (Å²) in [6.07, 6.45) is -0.714. The van der Waals surface area contributed by atoms with Gasteiger partial charge in [-0.25, -0.2) is 0 Å². The highest BCUT2D eigenvalue weighted by molar-refractivity contribution is 8.00. The Morgan fingerprint density at radius 1 is 1.26 bits per heavy atom. The summed E-state index contributed by atoms with van der Waals surface area (Å²) in [7, 11) is 0. The number of carbonyl (C=O) groups excluding carboxylic acids is 1. The zero-order valence-electron chi connectivity index (χ0n) is 14.8. The molecule has 3 rings (SSSR count). The molecule has 0 radical (unpaired) electrons. The third-order valence-electron chi connectivity index (χ3n) is 3.60. The highest BCUT2D eigenvalue weighted by Gasteiger charge is 2.18. The summed E-state index contributed by atoms with van der Waals surface area (Å²) in [6, 6.07) is 15.5. The number of rotatable bonds is 7. The normalized spacial score (nSPS) is 11.8. The van der Waals surface area contributed by atoms with Gasteiger partial charge in [0.05, 0.1) is 5.02 Å². The first-order valence-corrected chi connectivity index (χ1v) is 10.4. The standard InChI is InChI=1S/C19H18ClN3O2S2/c1-12-8-9-15(20)16(10-12)25-13(2)17(24)21-18-22-23-19(27-18)26-11-14-6-4-3-5-7-14/h3-10,13H,11H2,1-2H3,(H,21,22,24). The number of aromatic nitrogens is 2. The van der Waals surface area contributed by atoms with Gasteiger partial charge >= 0.3 is 0 Å². The van der Waals surface area contributed by atoms with Gasteiger partial charge < -0.3 is 4.74 Å². The summed E-state index contributed by atoms with van der Waals surface area (Å²) in [6.45, 7) is 3.60. The number of amides is 1. The lowest BCUT2D eigenvalue weighted by atomic mass is 10.2. The molecule has 0 aliphatic heterocycles. The lowest BCUT2D eigenvalue weighted by molar-refractivity contribution is -0.122. The fraction of sp³-hybridized carbons (Fsp3) is 0.211. The summed E-state index contributed by atoms with van der Waals surface area (Å²) in [5.41, 5.74) is 2.21. The second-order valence-corrected chi connectivity index (χ2v) is 8.44. The lowest BCUT2D eigenvalue weighted by Gasteiger charge is -2.15. The van der Waals surface area contributed by atoms with E-state index in [1.165, 1.54) is 16.9 Å². The summed E-state index contributed by atoms with van der Waals surface area (Å²) < 4.78 is 6.48. The molecule has 1 atom stereocenters. The maximum absolute atomic E-state index is 12.4. The molecule has 1 amide bonds. The van der Waals surface area contributed by atoms with E-state index in [0.717, 1.165) is 15.7 Å². The van der Waals surface area contributed by atoms with E-state index in [0.29, 0.717) is 15.9 Å². The largest absolute Gasteiger partial charge is 0.479 e. The van der Waals surface area contributed by atoms with Crippen LogP contribution in [0.1, 0.15) is 18.1 Å². The number of ether oxygens (including phenoxy) is 1. The number of thioether (sulfide) groups is 1. The second kappa shape index (κ2) is 9.21. The number of nitrogens with one attached hydrogen (secondary N) is 1. The number of hydrogen-bond acceptors (Lipinski definition) is 6. The number of aryl methyl sites for hydroxylation is 1. The molecule has 27 heavy (non-hydrogen) atoms. The minimum absolute atomic E-state index is 0.302. The molecule has 8 heteroatoms. The van der Waals surface area contributed by atoms with Gasteiger partial charge in [-0.05, 0) is 37.1 Å². The summed E-state index contributed by atoms with van der Waals surface area (Å²) in [5, 5.41) is 11.8. The Balaban J connectivity index is 1.54. The Labute approximate surface area is 171 Å². The second-order valence-electron chi connectivity index (χ2n) is 5.83. The van der Waals surface area contributed by atoms with Gasteiger partial charge in [0.25, 0.3) is 5.91 Å². The van der Waals surface area contributed by atoms with Crippen LogP contribution in [0.15, 0.2) is 52.9 Å². The average molecular weight is 420 g/mol. The third-order valence-corrected chi connectivity index (χ3v) is 5.96. The van der Waals surface area contributed by atoms with E-state index in [2.05, 4.69) is 27.6 Å². The van der Waals surface area contributed by atoms with Gasteiger partial charge in [-0.2, -0.15) is 0 Å². The molecule has 1 heterocycles. The monoisotopic (exact) mass is 419 g/mol. The first-order chi connectivity index (χ1) is 13.0. The fourth-order valence-corrected chi connectivity index (χ4v) is 4.06. The minimum atomic E-state index is -0.714. The number of carbonyl (C=O) groups is 1. The van der Waals surface area contributed by atoms with Crippen LogP contribution in [0, 0.1) is 6.92 Å². The van der Waals surface area contributed by atoms with Crippen molar-refractivity contribution in [2.24, 2.45) is 0 Å². The zero-order valence-corrected chi connectivity index (χ0v) is 17.2. The van der Waals surface area contributed by atoms with Crippen molar-refractivity contribution in [1.29, 1.82) is 0 Å². The van der Waals surface area contributed by atoms with E-state index in [-0.39, 0.29) is 5.91 Å². The van der Waals surface area contributed by atoms with Crippen LogP contribution in [0.2, 0.25) is 5.02 Å². The Hall–Kier alpha value is -2.09. The maximum Gasteiger partial charge on any atom is 0.266 e. The molecular formula is C19H18ClN3O2S2. The van der Waals surface area contributed by atoms with Gasteiger partial charge in [-0.3, -0.25) is 10.1 Å². The van der Waals surface area contributed by atoms with E-state index in [1.807, 2.05) is 31.2 Å². The van der Waals surface area contributed by atoms with Gasteiger partial charge in [0, 0.05) is 5.75 Å². The van der Waals surface area contributed by atoms with Crippen molar-refractivity contribution in [3.8, 4) is 5.75 Å². The van der Waals surface area contributed by atoms with Gasteiger partial charge in [0.2, 0.25) is 5.13 Å². The van der Waals surface area contributed by atoms with E-state index < -0.39 is 6.10 Å². The quantitative estimate of drug-likeness (QED) is 0.421. The van der Waals surface area contributed by atoms with Crippen molar-refractivity contribution in [2.45, 2.75) is 30.0 Å². The smallest absolute Gasteiger partial charge is 0.266 e. The molecule has 1 N–H and O–H groups in total. The molecule has 0 fully saturated rings. The number of anilines is 1. The van der Waals surface area contributed by atoms with Crippen molar-refractivity contribution in [3.63, 3.8) is 0 Å². The van der Waals surface area contributed by atoms with Crippen molar-refractivity contribution in [3.05, 3.63) is 64.7 Å². The molecule has 0 aliphatic rings. The van der Waals surface area contributed by atoms with Gasteiger partial charge in [0.15, 0.2) is 10.4 Å². The Morgan fingerprint density at radius 2 is 2.04 bits per heavy atom. The van der Waals surface area contributed by atoms with Crippen LogP contribution >= 0.6 is 34.7 Å². The van der Waals surface area contributed by atoms with Gasteiger partial charge in [-0.15, -0.1) is 10.2 Å². The first-order valence-electron chi connectivity index (χ1n) is 8.25. The molecule has 5 nitrogen and oxygen atoms in total. The van der Waals surface area contributed by atoms with E-state index in [1.54, 1.807) is 30.8 Å². The van der Waals surface area contributed by atoms with Gasteiger partial charge in [0.1, 0.15) is 5.75 Å². The molecule has 0 saturated carbocycles. The Kier molecular flexibility index (Phi) is 6.71. The van der Waals surface area contributed by atoms with Crippen LogP contribution in [0.5, 0.6) is 5.75 Å². The number of hydrogen-bond donors (Lipinski definition) is 1. The van der Waals surface area contributed by atoms with Crippen LogP contribution < -0.4 is 10.1 Å². The van der Waals surface area contributed by atoms with Crippen molar-refractivity contribution >= 4 is 45.7 Å². The molecule has 2 aromatic carbocycles. The molecule has 0 saturated heterocycles. The van der Waals surface area contributed by atoms with E-state index in [9.17, 15) is 4.79 Å². The maximum atomic E-state index is 12.4. The molecule has 140 valence electrons. The summed E-state index contributed by atoms with van der Waals surface area (Å²) in [5.74, 6) is 0.980. The predicted octanol–water partition coefficient (Wildman–Crippen LogP) is 5.20. The van der Waals surface area contributed by atoms with Crippen LogP contribution in [0.4, 0.5) is 5.13 Å². The molecule has 1 aromatic heterocycles. The van der Waals surface area contributed by atoms with Crippen LogP contribution in [-0.4, -0.2) is 22.2 Å². The lowest BCUT2D eigenvalue weighted by Crippen LogP contribution is -2.30. The zero-order chi connectivity index (χ0) is 19.2. The molecule has 0 aliphatic carbocycles. The highest BCUT2D eigenvalue weighted by Crippen LogP contribution is 2.29. The minimum Gasteiger partial charge on any atom is -0.479 e. The predicted molar refractivity (Wildman–Crippen MR) is 111 cm³/mol. The van der Waals surface area contributed by atoms with Crippen molar-refractivity contribution in [2.75, 3.05) is 5.32 Å². The third kappa shape index (κ3) is 5.69. The molecule has 3 aromatic rings. The highest BCUT2D eigenvalue weighted by atomic mass is 35.5. The number of halogens is 1. The van der Waals surface area contributed by atoms with Gasteiger partial charge in [-0.1, -0.05) is 71.1 Å². The summed E-state index contributed by atoms with van der Waals surface area (Å²) >= 11 is 9.03. The molecule has 1 unspecified atom stereocenters. The number of benzene rings is 2. The van der Waals surface area contributed by atoms with E-state index >= 15 is 0 Å². The summed E-state index contributed by atoms with van der Waals surface area (Å²) in [4.78, 5) is 12.4. The Bertz CT molecular complexity index is 918. The van der Waals surface area contributed by atoms with Crippen LogP contribution in [0.3, 0.4) is 0 Å². The van der Waals surface area contributed by atoms with E-state index in [4.69, 9.17) is 16.3 Å². The average Bonchev–Trinajstić information content (AvgIpc) is 3.11. The fourth-order valence-electron chi connectivity index (χ4n) is 2.19.